The fraction of sp³-hybridized carbons (Fsp3) is 0.278. The van der Waals surface area contributed by atoms with E-state index in [2.05, 4.69) is 5.32 Å². The fourth-order valence-corrected chi connectivity index (χ4v) is 3.50. The van der Waals surface area contributed by atoms with Crippen molar-refractivity contribution in [3.63, 3.8) is 0 Å². The third kappa shape index (κ3) is 6.27. The Morgan fingerprint density at radius 3 is 2.58 bits per heavy atom. The number of thioether (sulfide) groups is 1. The molecule has 2 aromatic rings. The maximum atomic E-state index is 11.9. The molecule has 0 bridgehead atoms. The molecule has 3 nitrogen and oxygen atoms in total. The number of carbonyl (C=O) groups excluding carboxylic acids is 1. The third-order valence-electron chi connectivity index (χ3n) is 3.40. The molecule has 1 amide bonds. The van der Waals surface area contributed by atoms with Gasteiger partial charge in [0.2, 0.25) is 5.91 Å². The summed E-state index contributed by atoms with van der Waals surface area (Å²) in [6.45, 7) is 0.618. The Balaban J connectivity index is 1.66. The molecule has 0 aromatic heterocycles. The molecule has 2 rings (SSSR count). The van der Waals surface area contributed by atoms with Crippen molar-refractivity contribution in [3.8, 4) is 5.75 Å². The maximum absolute atomic E-state index is 11.9. The number of nitrogens with one attached hydrogen (secondary N) is 1. The van der Waals surface area contributed by atoms with E-state index in [-0.39, 0.29) is 5.91 Å². The molecule has 0 fully saturated rings. The number of amides is 1. The van der Waals surface area contributed by atoms with Gasteiger partial charge >= 0.3 is 0 Å². The van der Waals surface area contributed by atoms with Gasteiger partial charge in [-0.3, -0.25) is 4.79 Å². The Morgan fingerprint density at radius 2 is 1.92 bits per heavy atom. The number of methoxy groups -OCH3 is 1. The second-order valence-electron chi connectivity index (χ2n) is 5.18. The number of hydrogen-bond donors (Lipinski definition) is 1. The highest BCUT2D eigenvalue weighted by Crippen LogP contribution is 2.24. The van der Waals surface area contributed by atoms with Crippen LogP contribution in [0.5, 0.6) is 5.75 Å². The summed E-state index contributed by atoms with van der Waals surface area (Å²) in [7, 11) is 1.64. The molecule has 0 spiro atoms. The highest BCUT2D eigenvalue weighted by atomic mass is 35.5. The van der Waals surface area contributed by atoms with Crippen LogP contribution in [0.1, 0.15) is 11.1 Å². The molecule has 1 N–H and O–H groups in total. The molecule has 0 aliphatic carbocycles. The Hall–Kier alpha value is -1.36. The van der Waals surface area contributed by atoms with E-state index in [1.807, 2.05) is 30.3 Å². The minimum Gasteiger partial charge on any atom is -0.497 e. The predicted molar refractivity (Wildman–Crippen MR) is 102 cm³/mol. The Morgan fingerprint density at radius 1 is 1.17 bits per heavy atom. The van der Waals surface area contributed by atoms with E-state index in [9.17, 15) is 4.79 Å². The van der Waals surface area contributed by atoms with Gasteiger partial charge in [0.05, 0.1) is 12.9 Å². The van der Waals surface area contributed by atoms with Crippen LogP contribution in [0.2, 0.25) is 10.0 Å². The minimum atomic E-state index is 0.0265. The zero-order valence-corrected chi connectivity index (χ0v) is 15.7. The van der Waals surface area contributed by atoms with Gasteiger partial charge in [0, 0.05) is 22.3 Å². The number of halogens is 2. The zero-order valence-electron chi connectivity index (χ0n) is 13.4. The molecule has 0 heterocycles. The SMILES string of the molecule is COc1ccc(CCNC(=O)CSCc2ccc(Cl)cc2Cl)cc1. The summed E-state index contributed by atoms with van der Waals surface area (Å²) < 4.78 is 5.12. The number of carbonyl (C=O) groups is 1. The normalized spacial score (nSPS) is 10.5. The van der Waals surface area contributed by atoms with Crippen LogP contribution in [0.4, 0.5) is 0 Å². The molecule has 0 saturated heterocycles. The van der Waals surface area contributed by atoms with Crippen LogP contribution < -0.4 is 10.1 Å². The molecule has 6 heteroatoms. The summed E-state index contributed by atoms with van der Waals surface area (Å²) in [5.74, 6) is 1.95. The molecular weight excluding hydrogens is 365 g/mol. The van der Waals surface area contributed by atoms with Crippen molar-refractivity contribution in [2.24, 2.45) is 0 Å². The topological polar surface area (TPSA) is 38.3 Å². The molecule has 0 aliphatic heterocycles. The lowest BCUT2D eigenvalue weighted by Crippen LogP contribution is -2.27. The van der Waals surface area contributed by atoms with E-state index in [1.54, 1.807) is 19.2 Å². The average Bonchev–Trinajstić information content (AvgIpc) is 2.57. The first kappa shape index (κ1) is 19.0. The van der Waals surface area contributed by atoms with Gasteiger partial charge < -0.3 is 10.1 Å². The number of benzene rings is 2. The summed E-state index contributed by atoms with van der Waals surface area (Å²) in [4.78, 5) is 11.9. The minimum absolute atomic E-state index is 0.0265. The number of hydrogen-bond acceptors (Lipinski definition) is 3. The van der Waals surface area contributed by atoms with Crippen molar-refractivity contribution in [1.29, 1.82) is 0 Å². The molecule has 0 unspecified atom stereocenters. The second kappa shape index (κ2) is 9.82. The number of rotatable bonds is 8. The van der Waals surface area contributed by atoms with E-state index >= 15 is 0 Å². The molecule has 2 aromatic carbocycles. The van der Waals surface area contributed by atoms with E-state index in [0.717, 1.165) is 23.3 Å². The maximum Gasteiger partial charge on any atom is 0.230 e. The molecule has 0 aliphatic rings. The third-order valence-corrected chi connectivity index (χ3v) is 4.97. The van der Waals surface area contributed by atoms with Crippen molar-refractivity contribution >= 4 is 40.9 Å². The Kier molecular flexibility index (Phi) is 7.76. The van der Waals surface area contributed by atoms with Gasteiger partial charge in [0.15, 0.2) is 0 Å². The van der Waals surface area contributed by atoms with E-state index in [4.69, 9.17) is 27.9 Å². The van der Waals surface area contributed by atoms with Gasteiger partial charge in [-0.05, 0) is 41.8 Å². The Labute approximate surface area is 156 Å². The van der Waals surface area contributed by atoms with Crippen LogP contribution in [0, 0.1) is 0 Å². The first-order chi connectivity index (χ1) is 11.6. The van der Waals surface area contributed by atoms with Gasteiger partial charge in [-0.2, -0.15) is 0 Å². The monoisotopic (exact) mass is 383 g/mol. The number of ether oxygens (including phenoxy) is 1. The molecule has 0 saturated carbocycles. The van der Waals surface area contributed by atoms with Crippen molar-refractivity contribution in [2.75, 3.05) is 19.4 Å². The first-order valence-electron chi connectivity index (χ1n) is 7.50. The largest absolute Gasteiger partial charge is 0.497 e. The summed E-state index contributed by atoms with van der Waals surface area (Å²) in [5, 5.41) is 4.17. The van der Waals surface area contributed by atoms with Crippen LogP contribution in [0.15, 0.2) is 42.5 Å². The van der Waals surface area contributed by atoms with Gasteiger partial charge in [-0.25, -0.2) is 0 Å². The van der Waals surface area contributed by atoms with E-state index in [1.165, 1.54) is 11.8 Å². The molecule has 0 radical (unpaired) electrons. The fourth-order valence-electron chi connectivity index (χ4n) is 2.08. The standard InChI is InChI=1S/C18H19Cl2NO2S/c1-23-16-6-2-13(3-7-16)8-9-21-18(22)12-24-11-14-4-5-15(19)10-17(14)20/h2-7,10H,8-9,11-12H2,1H3,(H,21,22). The van der Waals surface area contributed by atoms with Gasteiger partial charge in [0.1, 0.15) is 5.75 Å². The second-order valence-corrected chi connectivity index (χ2v) is 7.01. The van der Waals surface area contributed by atoms with E-state index < -0.39 is 0 Å². The summed E-state index contributed by atoms with van der Waals surface area (Å²) >= 11 is 13.5. The molecule has 0 atom stereocenters. The first-order valence-corrected chi connectivity index (χ1v) is 9.41. The van der Waals surface area contributed by atoms with Crippen molar-refractivity contribution in [1.82, 2.24) is 5.32 Å². The van der Waals surface area contributed by atoms with Crippen LogP contribution in [0.3, 0.4) is 0 Å². The summed E-state index contributed by atoms with van der Waals surface area (Å²) in [6.07, 6.45) is 0.795. The van der Waals surface area contributed by atoms with Crippen molar-refractivity contribution in [2.45, 2.75) is 12.2 Å². The smallest absolute Gasteiger partial charge is 0.230 e. The van der Waals surface area contributed by atoms with Crippen LogP contribution in [-0.2, 0) is 17.0 Å². The average molecular weight is 384 g/mol. The zero-order chi connectivity index (χ0) is 17.4. The van der Waals surface area contributed by atoms with Crippen molar-refractivity contribution in [3.05, 3.63) is 63.6 Å². The van der Waals surface area contributed by atoms with Crippen LogP contribution in [0.25, 0.3) is 0 Å². The lowest BCUT2D eigenvalue weighted by Gasteiger charge is -2.07. The predicted octanol–water partition coefficient (Wildman–Crippen LogP) is 4.59. The molecular formula is C18H19Cl2NO2S. The van der Waals surface area contributed by atoms with Gasteiger partial charge in [-0.1, -0.05) is 41.4 Å². The van der Waals surface area contributed by atoms with Crippen LogP contribution >= 0.6 is 35.0 Å². The lowest BCUT2D eigenvalue weighted by atomic mass is 10.1. The molecule has 128 valence electrons. The van der Waals surface area contributed by atoms with E-state index in [0.29, 0.717) is 28.1 Å². The Bertz CT molecular complexity index is 677. The highest BCUT2D eigenvalue weighted by Gasteiger charge is 2.05. The highest BCUT2D eigenvalue weighted by molar-refractivity contribution is 7.99. The summed E-state index contributed by atoms with van der Waals surface area (Å²) in [5.41, 5.74) is 2.15. The molecule has 24 heavy (non-hydrogen) atoms. The lowest BCUT2D eigenvalue weighted by molar-refractivity contribution is -0.118. The van der Waals surface area contributed by atoms with Crippen LogP contribution in [-0.4, -0.2) is 25.3 Å². The summed E-state index contributed by atoms with van der Waals surface area (Å²) in [6, 6.07) is 13.3. The van der Waals surface area contributed by atoms with Gasteiger partial charge in [-0.15, -0.1) is 11.8 Å². The van der Waals surface area contributed by atoms with Crippen molar-refractivity contribution < 1.29 is 9.53 Å². The van der Waals surface area contributed by atoms with Gasteiger partial charge in [0.25, 0.3) is 0 Å². The quantitative estimate of drug-likeness (QED) is 0.723.